The lowest BCUT2D eigenvalue weighted by atomic mass is 10.1. The molecule has 0 aliphatic heterocycles. The minimum atomic E-state index is -1.26. The van der Waals surface area contributed by atoms with Crippen molar-refractivity contribution in [3.63, 3.8) is 0 Å². The Balaban J connectivity index is 2.69. The third kappa shape index (κ3) is 2.52. The standard InChI is InChI=1S/C13H11FN2O3/c1-6-7(2)16-12(17)11(15-6)8-3-9(13(18)19)5-10(14)4-8/h3-5H,1-2H3,(H,16,17)(H,18,19). The third-order valence-corrected chi connectivity index (χ3v) is 2.76. The number of rotatable bonds is 2. The maximum Gasteiger partial charge on any atom is 0.335 e. The average Bonchev–Trinajstić information content (AvgIpc) is 2.33. The summed E-state index contributed by atoms with van der Waals surface area (Å²) < 4.78 is 13.4. The number of H-pyrrole nitrogens is 1. The number of hydrogen-bond donors (Lipinski definition) is 2. The zero-order valence-corrected chi connectivity index (χ0v) is 10.3. The Hall–Kier alpha value is -2.50. The molecule has 0 saturated carbocycles. The summed E-state index contributed by atoms with van der Waals surface area (Å²) in [5.74, 6) is -1.99. The third-order valence-electron chi connectivity index (χ3n) is 2.76. The summed E-state index contributed by atoms with van der Waals surface area (Å²) in [5.41, 5.74) is 0.644. The van der Waals surface area contributed by atoms with Gasteiger partial charge in [0.2, 0.25) is 0 Å². The molecule has 0 saturated heterocycles. The van der Waals surface area contributed by atoms with Crippen LogP contribution in [-0.4, -0.2) is 21.0 Å². The predicted molar refractivity (Wildman–Crippen MR) is 66.7 cm³/mol. The minimum absolute atomic E-state index is 0.00472. The number of aromatic amines is 1. The van der Waals surface area contributed by atoms with Crippen LogP contribution >= 0.6 is 0 Å². The van der Waals surface area contributed by atoms with Gasteiger partial charge >= 0.3 is 5.97 Å². The van der Waals surface area contributed by atoms with Crippen molar-refractivity contribution in [3.05, 3.63) is 51.3 Å². The first-order valence-electron chi connectivity index (χ1n) is 5.50. The van der Waals surface area contributed by atoms with Gasteiger partial charge in [0.25, 0.3) is 5.56 Å². The Kier molecular flexibility index (Phi) is 3.16. The minimum Gasteiger partial charge on any atom is -0.478 e. The van der Waals surface area contributed by atoms with Gasteiger partial charge < -0.3 is 10.1 Å². The molecule has 0 atom stereocenters. The number of carboxylic acids is 1. The van der Waals surface area contributed by atoms with Crippen LogP contribution < -0.4 is 5.56 Å². The lowest BCUT2D eigenvalue weighted by Gasteiger charge is -2.05. The molecule has 6 heteroatoms. The number of aryl methyl sites for hydroxylation is 2. The number of aromatic carboxylic acids is 1. The van der Waals surface area contributed by atoms with Gasteiger partial charge in [-0.2, -0.15) is 0 Å². The Morgan fingerprint density at radius 1 is 1.32 bits per heavy atom. The first-order chi connectivity index (χ1) is 8.88. The highest BCUT2D eigenvalue weighted by Crippen LogP contribution is 2.18. The fourth-order valence-corrected chi connectivity index (χ4v) is 1.67. The maximum absolute atomic E-state index is 13.4. The SMILES string of the molecule is Cc1nc(-c2cc(F)cc(C(=O)O)c2)c(=O)[nH]c1C. The van der Waals surface area contributed by atoms with Crippen LogP contribution in [0.1, 0.15) is 21.7 Å². The largest absolute Gasteiger partial charge is 0.478 e. The van der Waals surface area contributed by atoms with Crippen LogP contribution in [0.15, 0.2) is 23.0 Å². The summed E-state index contributed by atoms with van der Waals surface area (Å²) in [6, 6.07) is 3.19. The van der Waals surface area contributed by atoms with Crippen molar-refractivity contribution in [2.75, 3.05) is 0 Å². The topological polar surface area (TPSA) is 83.0 Å². The quantitative estimate of drug-likeness (QED) is 0.865. The van der Waals surface area contributed by atoms with Gasteiger partial charge in [0, 0.05) is 11.3 Å². The molecule has 0 bridgehead atoms. The Labute approximate surface area is 107 Å². The van der Waals surface area contributed by atoms with E-state index >= 15 is 0 Å². The van der Waals surface area contributed by atoms with E-state index in [9.17, 15) is 14.0 Å². The lowest BCUT2D eigenvalue weighted by Crippen LogP contribution is -2.14. The molecule has 0 radical (unpaired) electrons. The highest BCUT2D eigenvalue weighted by molar-refractivity contribution is 5.89. The summed E-state index contributed by atoms with van der Waals surface area (Å²) in [5, 5.41) is 8.88. The zero-order chi connectivity index (χ0) is 14.2. The van der Waals surface area contributed by atoms with E-state index in [2.05, 4.69) is 9.97 Å². The summed E-state index contributed by atoms with van der Waals surface area (Å²) in [6.45, 7) is 3.40. The van der Waals surface area contributed by atoms with Crippen LogP contribution in [0.25, 0.3) is 11.3 Å². The first-order valence-corrected chi connectivity index (χ1v) is 5.50. The molecule has 19 heavy (non-hydrogen) atoms. The number of carboxylic acid groups (broad SMARTS) is 1. The molecule has 2 N–H and O–H groups in total. The van der Waals surface area contributed by atoms with Gasteiger partial charge in [0.15, 0.2) is 0 Å². The molecule has 0 amide bonds. The second-order valence-corrected chi connectivity index (χ2v) is 4.16. The van der Waals surface area contributed by atoms with Crippen molar-refractivity contribution >= 4 is 5.97 Å². The van der Waals surface area contributed by atoms with Crippen LogP contribution in [0.4, 0.5) is 4.39 Å². The van der Waals surface area contributed by atoms with Gasteiger partial charge in [-0.05, 0) is 32.0 Å². The normalized spacial score (nSPS) is 10.5. The number of halogens is 1. The highest BCUT2D eigenvalue weighted by Gasteiger charge is 2.13. The van der Waals surface area contributed by atoms with Crippen LogP contribution in [0.2, 0.25) is 0 Å². The molecular formula is C13H11FN2O3. The highest BCUT2D eigenvalue weighted by atomic mass is 19.1. The fraction of sp³-hybridized carbons (Fsp3) is 0.154. The van der Waals surface area contributed by atoms with E-state index in [1.807, 2.05) is 0 Å². The molecule has 98 valence electrons. The average molecular weight is 262 g/mol. The van der Waals surface area contributed by atoms with E-state index in [4.69, 9.17) is 5.11 Å². The van der Waals surface area contributed by atoms with E-state index in [1.54, 1.807) is 13.8 Å². The van der Waals surface area contributed by atoms with Crippen molar-refractivity contribution in [3.8, 4) is 11.3 Å². The fourth-order valence-electron chi connectivity index (χ4n) is 1.67. The molecule has 2 rings (SSSR count). The Bertz CT molecular complexity index is 722. The molecule has 0 unspecified atom stereocenters. The van der Waals surface area contributed by atoms with Crippen molar-refractivity contribution in [2.45, 2.75) is 13.8 Å². The van der Waals surface area contributed by atoms with Gasteiger partial charge in [-0.1, -0.05) is 0 Å². The monoisotopic (exact) mass is 262 g/mol. The smallest absolute Gasteiger partial charge is 0.335 e. The maximum atomic E-state index is 13.4. The second-order valence-electron chi connectivity index (χ2n) is 4.16. The van der Waals surface area contributed by atoms with Crippen molar-refractivity contribution in [1.82, 2.24) is 9.97 Å². The van der Waals surface area contributed by atoms with Gasteiger partial charge in [0.1, 0.15) is 11.5 Å². The summed E-state index contributed by atoms with van der Waals surface area (Å²) in [7, 11) is 0. The summed E-state index contributed by atoms with van der Waals surface area (Å²) in [6.07, 6.45) is 0. The van der Waals surface area contributed by atoms with Gasteiger partial charge in [-0.25, -0.2) is 14.2 Å². The number of carbonyl (C=O) groups is 1. The van der Waals surface area contributed by atoms with Gasteiger partial charge in [-0.3, -0.25) is 4.79 Å². The molecule has 1 heterocycles. The number of benzene rings is 1. The van der Waals surface area contributed by atoms with E-state index in [1.165, 1.54) is 6.07 Å². The van der Waals surface area contributed by atoms with E-state index in [-0.39, 0.29) is 16.8 Å². The van der Waals surface area contributed by atoms with Crippen LogP contribution in [-0.2, 0) is 0 Å². The summed E-state index contributed by atoms with van der Waals surface area (Å²) >= 11 is 0. The van der Waals surface area contributed by atoms with E-state index in [0.29, 0.717) is 11.4 Å². The number of nitrogens with zero attached hydrogens (tertiary/aromatic N) is 1. The molecule has 0 aliphatic carbocycles. The van der Waals surface area contributed by atoms with Crippen molar-refractivity contribution in [1.29, 1.82) is 0 Å². The predicted octanol–water partition coefficient (Wildman–Crippen LogP) is 1.89. The van der Waals surface area contributed by atoms with E-state index in [0.717, 1.165) is 12.1 Å². The molecule has 5 nitrogen and oxygen atoms in total. The van der Waals surface area contributed by atoms with Crippen LogP contribution in [0.3, 0.4) is 0 Å². The molecule has 0 fully saturated rings. The molecule has 0 aliphatic rings. The lowest BCUT2D eigenvalue weighted by molar-refractivity contribution is 0.0696. The number of aromatic nitrogens is 2. The summed E-state index contributed by atoms with van der Waals surface area (Å²) in [4.78, 5) is 29.3. The van der Waals surface area contributed by atoms with Gasteiger partial charge in [-0.15, -0.1) is 0 Å². The Morgan fingerprint density at radius 3 is 2.63 bits per heavy atom. The molecular weight excluding hydrogens is 251 g/mol. The van der Waals surface area contributed by atoms with E-state index < -0.39 is 17.3 Å². The Morgan fingerprint density at radius 2 is 2.00 bits per heavy atom. The second kappa shape index (κ2) is 4.64. The molecule has 0 spiro atoms. The number of hydrogen-bond acceptors (Lipinski definition) is 3. The molecule has 2 aromatic rings. The first kappa shape index (κ1) is 12.9. The van der Waals surface area contributed by atoms with Crippen molar-refractivity contribution in [2.24, 2.45) is 0 Å². The zero-order valence-electron chi connectivity index (χ0n) is 10.3. The molecule has 1 aromatic carbocycles. The van der Waals surface area contributed by atoms with Gasteiger partial charge in [0.05, 0.1) is 11.3 Å². The van der Waals surface area contributed by atoms with Crippen LogP contribution in [0.5, 0.6) is 0 Å². The number of nitrogens with one attached hydrogen (secondary N) is 1. The van der Waals surface area contributed by atoms with Crippen molar-refractivity contribution < 1.29 is 14.3 Å². The molecule has 1 aromatic heterocycles. The van der Waals surface area contributed by atoms with Crippen LogP contribution in [0, 0.1) is 19.7 Å².